The van der Waals surface area contributed by atoms with Gasteiger partial charge in [0.25, 0.3) is 0 Å². The summed E-state index contributed by atoms with van der Waals surface area (Å²) in [6.45, 7) is 16.9. The fourth-order valence-electron chi connectivity index (χ4n) is 2.45. The normalized spacial score (nSPS) is 13.9. The average Bonchev–Trinajstić information content (AvgIpc) is 2.01. The first kappa shape index (κ1) is 15.2. The van der Waals surface area contributed by atoms with Gasteiger partial charge in [0.1, 0.15) is 0 Å². The lowest BCUT2D eigenvalue weighted by atomic mass is 10.3. The van der Waals surface area contributed by atoms with E-state index in [2.05, 4.69) is 60.1 Å². The van der Waals surface area contributed by atoms with E-state index >= 15 is 0 Å². The summed E-state index contributed by atoms with van der Waals surface area (Å²) in [5.41, 5.74) is 0.476. The molecule has 0 aromatic carbocycles. The summed E-state index contributed by atoms with van der Waals surface area (Å²) in [6.07, 6.45) is 0. The Hall–Kier alpha value is 0.190. The zero-order valence-corrected chi connectivity index (χ0v) is 12.5. The van der Waals surface area contributed by atoms with Gasteiger partial charge < -0.3 is 4.57 Å². The van der Waals surface area contributed by atoms with E-state index in [0.29, 0.717) is 12.1 Å². The summed E-state index contributed by atoms with van der Waals surface area (Å²) in [4.78, 5) is 0. The summed E-state index contributed by atoms with van der Waals surface area (Å²) >= 11 is 0. The minimum absolute atomic E-state index is 0.238. The van der Waals surface area contributed by atoms with Crippen molar-refractivity contribution in [2.45, 2.75) is 78.8 Å². The van der Waals surface area contributed by atoms with Crippen molar-refractivity contribution in [3.8, 4) is 0 Å². The highest BCUT2D eigenvalue weighted by Crippen LogP contribution is 2.59. The molecule has 0 bridgehead atoms. The van der Waals surface area contributed by atoms with Crippen LogP contribution in [0.3, 0.4) is 0 Å². The third-order valence-electron chi connectivity index (χ3n) is 2.90. The Morgan fingerprint density at radius 1 is 0.733 bits per heavy atom. The SMILES string of the molecule is CC(C)N(C(C)C)P(=O)(C(C)C)C(C)C. The van der Waals surface area contributed by atoms with Crippen LogP contribution < -0.4 is 0 Å². The highest BCUT2D eigenvalue weighted by atomic mass is 31.2. The molecule has 3 heteroatoms. The molecule has 0 aromatic rings. The van der Waals surface area contributed by atoms with Gasteiger partial charge in [-0.25, -0.2) is 4.67 Å². The number of rotatable bonds is 5. The molecule has 0 rings (SSSR count). The summed E-state index contributed by atoms with van der Waals surface area (Å²) in [7, 11) is -2.25. The minimum atomic E-state index is -2.25. The van der Waals surface area contributed by atoms with Crippen LogP contribution in [-0.4, -0.2) is 28.1 Å². The number of hydrogen-bond donors (Lipinski definition) is 0. The van der Waals surface area contributed by atoms with Crippen LogP contribution in [-0.2, 0) is 4.57 Å². The lowest BCUT2D eigenvalue weighted by Crippen LogP contribution is -2.38. The monoisotopic (exact) mass is 233 g/mol. The molecule has 2 nitrogen and oxygen atoms in total. The molecule has 0 radical (unpaired) electrons. The molecule has 0 aromatic heterocycles. The molecule has 0 heterocycles. The minimum Gasteiger partial charge on any atom is -0.306 e. The molecule has 0 amide bonds. The molecule has 15 heavy (non-hydrogen) atoms. The molecule has 0 aliphatic rings. The Bertz CT molecular complexity index is 214. The molecule has 0 saturated carbocycles. The molecular weight excluding hydrogens is 205 g/mol. The maximum atomic E-state index is 13.1. The van der Waals surface area contributed by atoms with E-state index < -0.39 is 7.29 Å². The van der Waals surface area contributed by atoms with E-state index in [4.69, 9.17) is 0 Å². The number of hydrogen-bond acceptors (Lipinski definition) is 1. The van der Waals surface area contributed by atoms with Crippen molar-refractivity contribution < 1.29 is 4.57 Å². The van der Waals surface area contributed by atoms with Crippen molar-refractivity contribution >= 4 is 7.29 Å². The largest absolute Gasteiger partial charge is 0.306 e. The fraction of sp³-hybridized carbons (Fsp3) is 1.00. The average molecular weight is 233 g/mol. The van der Waals surface area contributed by atoms with Gasteiger partial charge >= 0.3 is 0 Å². The van der Waals surface area contributed by atoms with Crippen LogP contribution in [0.4, 0.5) is 0 Å². The van der Waals surface area contributed by atoms with Crippen LogP contribution in [0.15, 0.2) is 0 Å². The van der Waals surface area contributed by atoms with E-state index in [1.165, 1.54) is 0 Å². The van der Waals surface area contributed by atoms with Crippen molar-refractivity contribution in [3.63, 3.8) is 0 Å². The van der Waals surface area contributed by atoms with Gasteiger partial charge in [-0.05, 0) is 27.7 Å². The van der Waals surface area contributed by atoms with Crippen LogP contribution in [0, 0.1) is 0 Å². The maximum absolute atomic E-state index is 13.1. The van der Waals surface area contributed by atoms with Gasteiger partial charge in [-0.1, -0.05) is 27.7 Å². The smallest absolute Gasteiger partial charge is 0.155 e. The van der Waals surface area contributed by atoms with Gasteiger partial charge in [0.15, 0.2) is 7.29 Å². The molecule has 0 atom stereocenters. The fourth-order valence-corrected chi connectivity index (χ4v) is 6.15. The molecule has 0 aliphatic carbocycles. The number of nitrogens with zero attached hydrogens (tertiary/aromatic N) is 1. The second-order valence-electron chi connectivity index (χ2n) is 5.43. The van der Waals surface area contributed by atoms with E-state index in [1.807, 2.05) is 0 Å². The van der Waals surface area contributed by atoms with Crippen LogP contribution in [0.2, 0.25) is 0 Å². The standard InChI is InChI=1S/C12H28NOP/c1-9(2)13(10(3)4)15(14,11(5)6)12(7)8/h9-12H,1-8H3. The molecule has 0 aliphatic heterocycles. The first-order valence-corrected chi connectivity index (χ1v) is 7.83. The van der Waals surface area contributed by atoms with Crippen molar-refractivity contribution in [3.05, 3.63) is 0 Å². The van der Waals surface area contributed by atoms with Gasteiger partial charge in [0.05, 0.1) is 0 Å². The highest BCUT2D eigenvalue weighted by molar-refractivity contribution is 7.62. The lowest BCUT2D eigenvalue weighted by Gasteiger charge is -2.42. The summed E-state index contributed by atoms with van der Waals surface area (Å²) in [5, 5.41) is 0. The zero-order valence-electron chi connectivity index (χ0n) is 11.6. The molecule has 92 valence electrons. The Balaban J connectivity index is 5.30. The quantitative estimate of drug-likeness (QED) is 0.663. The van der Waals surface area contributed by atoms with Crippen molar-refractivity contribution in [1.82, 2.24) is 4.67 Å². The lowest BCUT2D eigenvalue weighted by molar-refractivity contribution is 0.292. The third-order valence-corrected chi connectivity index (χ3v) is 7.50. The van der Waals surface area contributed by atoms with Gasteiger partial charge in [-0.15, -0.1) is 0 Å². The van der Waals surface area contributed by atoms with Gasteiger partial charge in [-0.2, -0.15) is 0 Å². The van der Waals surface area contributed by atoms with Gasteiger partial charge in [-0.3, -0.25) is 0 Å². The van der Waals surface area contributed by atoms with Gasteiger partial charge in [0.2, 0.25) is 0 Å². The van der Waals surface area contributed by atoms with Crippen molar-refractivity contribution in [2.75, 3.05) is 0 Å². The second kappa shape index (κ2) is 5.50. The molecule has 0 unspecified atom stereocenters. The second-order valence-corrected chi connectivity index (χ2v) is 9.30. The van der Waals surface area contributed by atoms with Crippen LogP contribution in [0.1, 0.15) is 55.4 Å². The first-order chi connectivity index (χ1) is 6.65. The van der Waals surface area contributed by atoms with E-state index in [9.17, 15) is 4.57 Å². The maximum Gasteiger partial charge on any atom is 0.155 e. The predicted octanol–water partition coefficient (Wildman–Crippen LogP) is 4.20. The van der Waals surface area contributed by atoms with Crippen molar-refractivity contribution in [2.24, 2.45) is 0 Å². The third kappa shape index (κ3) is 3.07. The zero-order chi connectivity index (χ0) is 12.4. The Morgan fingerprint density at radius 2 is 1.00 bits per heavy atom. The van der Waals surface area contributed by atoms with E-state index in [-0.39, 0.29) is 11.3 Å². The molecular formula is C12H28NOP. The molecule has 0 spiro atoms. The summed E-state index contributed by atoms with van der Waals surface area (Å²) in [6, 6.07) is 0.696. The predicted molar refractivity (Wildman–Crippen MR) is 70.0 cm³/mol. The topological polar surface area (TPSA) is 20.3 Å². The Morgan fingerprint density at radius 3 is 1.07 bits per heavy atom. The molecule has 0 N–H and O–H groups in total. The van der Waals surface area contributed by atoms with Crippen LogP contribution in [0.5, 0.6) is 0 Å². The van der Waals surface area contributed by atoms with Gasteiger partial charge in [0, 0.05) is 23.4 Å². The Kier molecular flexibility index (Phi) is 5.57. The molecule has 0 fully saturated rings. The van der Waals surface area contributed by atoms with Crippen LogP contribution in [0.25, 0.3) is 0 Å². The first-order valence-electron chi connectivity index (χ1n) is 6.03. The van der Waals surface area contributed by atoms with E-state index in [0.717, 1.165) is 0 Å². The van der Waals surface area contributed by atoms with Crippen LogP contribution >= 0.6 is 7.29 Å². The Labute approximate surface area is 95.9 Å². The van der Waals surface area contributed by atoms with E-state index in [1.54, 1.807) is 0 Å². The highest BCUT2D eigenvalue weighted by Gasteiger charge is 2.39. The van der Waals surface area contributed by atoms with Crippen molar-refractivity contribution in [1.29, 1.82) is 0 Å². The summed E-state index contributed by atoms with van der Waals surface area (Å²) in [5.74, 6) is 0. The molecule has 0 saturated heterocycles. The summed E-state index contributed by atoms with van der Waals surface area (Å²) < 4.78 is 15.3.